The average molecular weight is 363 g/mol. The number of unbranched alkanes of at least 4 members (excludes halogenated alkanes) is 1. The van der Waals surface area contributed by atoms with E-state index in [1.54, 1.807) is 12.1 Å². The van der Waals surface area contributed by atoms with Crippen LogP contribution in [0, 0.1) is 5.82 Å². The number of benzene rings is 3. The van der Waals surface area contributed by atoms with Gasteiger partial charge in [0.05, 0.1) is 6.61 Å². The molecule has 0 radical (unpaired) electrons. The van der Waals surface area contributed by atoms with Gasteiger partial charge in [0.1, 0.15) is 11.6 Å². The highest BCUT2D eigenvalue weighted by atomic mass is 19.1. The molecule has 0 heterocycles. The lowest BCUT2D eigenvalue weighted by Crippen LogP contribution is -2.25. The second kappa shape index (κ2) is 9.53. The summed E-state index contributed by atoms with van der Waals surface area (Å²) in [6.07, 6.45) is 1.61. The Balaban J connectivity index is 1.45. The monoisotopic (exact) mass is 363 g/mol. The van der Waals surface area contributed by atoms with Crippen molar-refractivity contribution in [2.75, 3.05) is 13.2 Å². The Morgan fingerprint density at radius 1 is 0.852 bits per heavy atom. The first-order valence-electron chi connectivity index (χ1n) is 9.05. The molecule has 3 rings (SSSR count). The maximum absolute atomic E-state index is 12.8. The minimum absolute atomic E-state index is 0.0751. The van der Waals surface area contributed by atoms with E-state index in [0.717, 1.165) is 24.0 Å². The first kappa shape index (κ1) is 18.6. The van der Waals surface area contributed by atoms with Gasteiger partial charge < -0.3 is 10.1 Å². The van der Waals surface area contributed by atoms with Crippen molar-refractivity contribution in [2.45, 2.75) is 12.8 Å². The number of carbonyl (C=O) groups is 1. The lowest BCUT2D eigenvalue weighted by molar-refractivity contribution is 0.0953. The van der Waals surface area contributed by atoms with Gasteiger partial charge in [-0.1, -0.05) is 48.5 Å². The largest absolute Gasteiger partial charge is 0.494 e. The molecule has 1 amide bonds. The third kappa shape index (κ3) is 5.42. The molecule has 0 saturated heterocycles. The van der Waals surface area contributed by atoms with Crippen LogP contribution in [0.25, 0.3) is 11.1 Å². The summed E-state index contributed by atoms with van der Waals surface area (Å²) in [5.41, 5.74) is 2.62. The zero-order chi connectivity index (χ0) is 18.9. The van der Waals surface area contributed by atoms with Crippen molar-refractivity contribution < 1.29 is 13.9 Å². The Morgan fingerprint density at radius 2 is 1.56 bits per heavy atom. The molecule has 3 nitrogen and oxygen atoms in total. The van der Waals surface area contributed by atoms with Gasteiger partial charge in [0.15, 0.2) is 0 Å². The number of nitrogens with one attached hydrogen (secondary N) is 1. The van der Waals surface area contributed by atoms with E-state index in [0.29, 0.717) is 24.5 Å². The second-order valence-corrected chi connectivity index (χ2v) is 6.18. The van der Waals surface area contributed by atoms with Crippen LogP contribution in [0.15, 0.2) is 78.9 Å². The van der Waals surface area contributed by atoms with Crippen molar-refractivity contribution in [3.05, 3.63) is 90.2 Å². The third-order valence-corrected chi connectivity index (χ3v) is 4.20. The average Bonchev–Trinajstić information content (AvgIpc) is 2.72. The first-order chi connectivity index (χ1) is 13.2. The highest BCUT2D eigenvalue weighted by molar-refractivity contribution is 6.00. The molecule has 0 aliphatic rings. The van der Waals surface area contributed by atoms with Gasteiger partial charge in [-0.2, -0.15) is 0 Å². The van der Waals surface area contributed by atoms with Gasteiger partial charge in [-0.15, -0.1) is 0 Å². The molecule has 0 spiro atoms. The highest BCUT2D eigenvalue weighted by Crippen LogP contribution is 2.23. The minimum Gasteiger partial charge on any atom is -0.494 e. The fourth-order valence-electron chi connectivity index (χ4n) is 2.80. The highest BCUT2D eigenvalue weighted by Gasteiger charge is 2.11. The Kier molecular flexibility index (Phi) is 6.58. The van der Waals surface area contributed by atoms with E-state index >= 15 is 0 Å². The number of rotatable bonds is 8. The third-order valence-electron chi connectivity index (χ3n) is 4.20. The predicted octanol–water partition coefficient (Wildman–Crippen LogP) is 5.08. The molecule has 0 fully saturated rings. The van der Waals surface area contributed by atoms with E-state index in [9.17, 15) is 9.18 Å². The Labute approximate surface area is 158 Å². The summed E-state index contributed by atoms with van der Waals surface area (Å²) in [5.74, 6) is 0.298. The van der Waals surface area contributed by atoms with Gasteiger partial charge in [-0.3, -0.25) is 4.79 Å². The molecular formula is C23H22FNO2. The van der Waals surface area contributed by atoms with Gasteiger partial charge in [0.25, 0.3) is 5.91 Å². The second-order valence-electron chi connectivity index (χ2n) is 6.18. The number of hydrogen-bond donors (Lipinski definition) is 1. The van der Waals surface area contributed by atoms with Crippen molar-refractivity contribution in [2.24, 2.45) is 0 Å². The van der Waals surface area contributed by atoms with Gasteiger partial charge >= 0.3 is 0 Å². The van der Waals surface area contributed by atoms with Crippen LogP contribution in [-0.4, -0.2) is 19.1 Å². The van der Waals surface area contributed by atoms with Crippen LogP contribution in [-0.2, 0) is 0 Å². The normalized spacial score (nSPS) is 10.4. The number of halogens is 1. The quantitative estimate of drug-likeness (QED) is 0.567. The summed E-state index contributed by atoms with van der Waals surface area (Å²) < 4.78 is 18.4. The van der Waals surface area contributed by atoms with Crippen LogP contribution >= 0.6 is 0 Å². The molecule has 0 aliphatic carbocycles. The smallest absolute Gasteiger partial charge is 0.251 e. The van der Waals surface area contributed by atoms with Crippen LogP contribution in [0.2, 0.25) is 0 Å². The van der Waals surface area contributed by atoms with Gasteiger partial charge in [-0.25, -0.2) is 4.39 Å². The van der Waals surface area contributed by atoms with Crippen LogP contribution in [0.1, 0.15) is 23.2 Å². The number of hydrogen-bond acceptors (Lipinski definition) is 2. The van der Waals surface area contributed by atoms with Crippen molar-refractivity contribution in [3.63, 3.8) is 0 Å². The molecule has 138 valence electrons. The minimum atomic E-state index is -0.277. The Bertz CT molecular complexity index is 863. The van der Waals surface area contributed by atoms with Crippen LogP contribution in [0.5, 0.6) is 5.75 Å². The summed E-state index contributed by atoms with van der Waals surface area (Å²) in [4.78, 5) is 12.5. The summed E-state index contributed by atoms with van der Waals surface area (Å²) in [7, 11) is 0. The Morgan fingerprint density at radius 3 is 2.33 bits per heavy atom. The molecule has 0 bridgehead atoms. The summed E-state index contributed by atoms with van der Waals surface area (Å²) >= 11 is 0. The van der Waals surface area contributed by atoms with E-state index in [-0.39, 0.29) is 11.7 Å². The number of carbonyl (C=O) groups excluding carboxylic acids is 1. The zero-order valence-electron chi connectivity index (χ0n) is 15.0. The lowest BCUT2D eigenvalue weighted by Gasteiger charge is -2.11. The van der Waals surface area contributed by atoms with Gasteiger partial charge in [0, 0.05) is 12.1 Å². The molecule has 0 atom stereocenters. The van der Waals surface area contributed by atoms with Crippen molar-refractivity contribution >= 4 is 5.91 Å². The standard InChI is InChI=1S/C23H22FNO2/c24-19-12-14-20(15-13-19)27-17-7-6-16-25-23(26)22-11-5-4-10-21(22)18-8-2-1-3-9-18/h1-5,8-15H,6-7,16-17H2,(H,25,26). The van der Waals surface area contributed by atoms with Gasteiger partial charge in [0.2, 0.25) is 0 Å². The van der Waals surface area contributed by atoms with E-state index in [4.69, 9.17) is 4.74 Å². The van der Waals surface area contributed by atoms with E-state index < -0.39 is 0 Å². The molecule has 0 aliphatic heterocycles. The molecule has 0 unspecified atom stereocenters. The number of ether oxygens (including phenoxy) is 1. The lowest BCUT2D eigenvalue weighted by atomic mass is 9.99. The maximum Gasteiger partial charge on any atom is 0.251 e. The van der Waals surface area contributed by atoms with Crippen LogP contribution < -0.4 is 10.1 Å². The van der Waals surface area contributed by atoms with Crippen molar-refractivity contribution in [1.29, 1.82) is 0 Å². The van der Waals surface area contributed by atoms with Crippen LogP contribution in [0.4, 0.5) is 4.39 Å². The topological polar surface area (TPSA) is 38.3 Å². The van der Waals surface area contributed by atoms with E-state index in [1.807, 2.05) is 54.6 Å². The van der Waals surface area contributed by atoms with Gasteiger partial charge in [-0.05, 0) is 54.3 Å². The molecule has 3 aromatic carbocycles. The molecular weight excluding hydrogens is 341 g/mol. The fraction of sp³-hybridized carbons (Fsp3) is 0.174. The molecule has 0 aromatic heterocycles. The fourth-order valence-corrected chi connectivity index (χ4v) is 2.80. The van der Waals surface area contributed by atoms with Crippen molar-refractivity contribution in [3.8, 4) is 16.9 Å². The van der Waals surface area contributed by atoms with E-state index in [2.05, 4.69) is 5.32 Å². The SMILES string of the molecule is O=C(NCCCCOc1ccc(F)cc1)c1ccccc1-c1ccccc1. The molecule has 3 aromatic rings. The zero-order valence-corrected chi connectivity index (χ0v) is 15.0. The van der Waals surface area contributed by atoms with Crippen molar-refractivity contribution in [1.82, 2.24) is 5.32 Å². The Hall–Kier alpha value is -3.14. The molecule has 27 heavy (non-hydrogen) atoms. The molecule has 4 heteroatoms. The first-order valence-corrected chi connectivity index (χ1v) is 9.05. The van der Waals surface area contributed by atoms with Crippen LogP contribution in [0.3, 0.4) is 0 Å². The predicted molar refractivity (Wildman–Crippen MR) is 105 cm³/mol. The molecule has 1 N–H and O–H groups in total. The number of amides is 1. The maximum atomic E-state index is 12.8. The molecule has 0 saturated carbocycles. The summed E-state index contributed by atoms with van der Waals surface area (Å²) in [6, 6.07) is 23.5. The summed E-state index contributed by atoms with van der Waals surface area (Å²) in [6.45, 7) is 1.11. The van der Waals surface area contributed by atoms with E-state index in [1.165, 1.54) is 12.1 Å². The summed E-state index contributed by atoms with van der Waals surface area (Å²) in [5, 5.41) is 2.97.